The third-order valence-electron chi connectivity index (χ3n) is 5.42. The van der Waals surface area contributed by atoms with Crippen LogP contribution >= 0.6 is 24.0 Å². The standard InChI is InChI=1S/C21H33N5O4.HI/c1-3-22-21(23-15-17-14-18(29-2)4-5-19(17)27)26-8-6-24(7-9-26)16-20(28)25-10-12-30-13-11-25;/h4-5,14,27H,3,6-13,15-16H2,1-2H3,(H,22,23);1H. The molecule has 0 unspecified atom stereocenters. The molecule has 10 heteroatoms. The molecule has 3 rings (SSSR count). The normalized spacial score (nSPS) is 17.8. The number of morpholine rings is 1. The summed E-state index contributed by atoms with van der Waals surface area (Å²) in [7, 11) is 1.60. The van der Waals surface area contributed by atoms with E-state index >= 15 is 0 Å². The molecular weight excluding hydrogens is 513 g/mol. The molecule has 2 N–H and O–H groups in total. The van der Waals surface area contributed by atoms with Crippen LogP contribution in [-0.2, 0) is 16.1 Å². The average molecular weight is 547 g/mol. The number of phenolic OH excluding ortho intramolecular Hbond substituents is 1. The van der Waals surface area contributed by atoms with Gasteiger partial charge in [0.1, 0.15) is 11.5 Å². The number of nitrogens with zero attached hydrogens (tertiary/aromatic N) is 4. The summed E-state index contributed by atoms with van der Waals surface area (Å²) >= 11 is 0. The first kappa shape index (κ1) is 25.5. The molecule has 2 fully saturated rings. The van der Waals surface area contributed by atoms with Gasteiger partial charge in [0.05, 0.1) is 33.4 Å². The van der Waals surface area contributed by atoms with Crippen LogP contribution in [0.25, 0.3) is 0 Å². The number of aromatic hydroxyl groups is 1. The maximum atomic E-state index is 12.5. The molecule has 1 aromatic carbocycles. The van der Waals surface area contributed by atoms with Gasteiger partial charge in [-0.15, -0.1) is 24.0 Å². The molecule has 9 nitrogen and oxygen atoms in total. The number of rotatable bonds is 6. The molecule has 1 aromatic rings. The summed E-state index contributed by atoms with van der Waals surface area (Å²) in [6.07, 6.45) is 0. The molecule has 0 radical (unpaired) electrons. The molecule has 1 amide bonds. The second-order valence-electron chi connectivity index (χ2n) is 7.42. The lowest BCUT2D eigenvalue weighted by atomic mass is 10.2. The van der Waals surface area contributed by atoms with Crippen molar-refractivity contribution in [2.24, 2.45) is 4.99 Å². The zero-order chi connectivity index (χ0) is 21.3. The van der Waals surface area contributed by atoms with E-state index < -0.39 is 0 Å². The van der Waals surface area contributed by atoms with Crippen molar-refractivity contribution < 1.29 is 19.4 Å². The van der Waals surface area contributed by atoms with Gasteiger partial charge >= 0.3 is 0 Å². The van der Waals surface area contributed by atoms with Crippen LogP contribution in [0.3, 0.4) is 0 Å². The Balaban J connectivity index is 0.00000341. The lowest BCUT2D eigenvalue weighted by molar-refractivity contribution is -0.136. The Morgan fingerprint density at radius 1 is 1.16 bits per heavy atom. The topological polar surface area (TPSA) is 89.9 Å². The summed E-state index contributed by atoms with van der Waals surface area (Å²) in [5.74, 6) is 1.91. The van der Waals surface area contributed by atoms with E-state index in [0.717, 1.165) is 44.2 Å². The quantitative estimate of drug-likeness (QED) is 0.312. The lowest BCUT2D eigenvalue weighted by Crippen LogP contribution is -2.54. The molecule has 0 aliphatic carbocycles. The summed E-state index contributed by atoms with van der Waals surface area (Å²) in [6.45, 7) is 9.47. The Bertz CT molecular complexity index is 734. The minimum atomic E-state index is 0. The maximum absolute atomic E-state index is 12.5. The van der Waals surface area contributed by atoms with Crippen molar-refractivity contribution in [3.63, 3.8) is 0 Å². The van der Waals surface area contributed by atoms with Crippen LogP contribution in [0.15, 0.2) is 23.2 Å². The van der Waals surface area contributed by atoms with Crippen molar-refractivity contribution in [3.8, 4) is 11.5 Å². The van der Waals surface area contributed by atoms with Gasteiger partial charge in [0.25, 0.3) is 0 Å². The molecule has 31 heavy (non-hydrogen) atoms. The number of benzene rings is 1. The molecule has 2 aliphatic heterocycles. The van der Waals surface area contributed by atoms with E-state index in [1.54, 1.807) is 25.3 Å². The third-order valence-corrected chi connectivity index (χ3v) is 5.42. The molecular formula is C21H34IN5O4. The van der Waals surface area contributed by atoms with Crippen LogP contribution in [0.4, 0.5) is 0 Å². The zero-order valence-corrected chi connectivity index (χ0v) is 20.7. The molecule has 0 bridgehead atoms. The Morgan fingerprint density at radius 3 is 2.52 bits per heavy atom. The van der Waals surface area contributed by atoms with Crippen LogP contribution < -0.4 is 10.1 Å². The molecule has 0 spiro atoms. The number of methoxy groups -OCH3 is 1. The predicted molar refractivity (Wildman–Crippen MR) is 130 cm³/mol. The SMILES string of the molecule is CCNC(=NCc1cc(OC)ccc1O)N1CCN(CC(=O)N2CCOCC2)CC1.I. The minimum Gasteiger partial charge on any atom is -0.508 e. The van der Waals surface area contributed by atoms with Gasteiger partial charge in [0.15, 0.2) is 5.96 Å². The Labute approximate surface area is 201 Å². The van der Waals surface area contributed by atoms with Crippen molar-refractivity contribution in [2.75, 3.05) is 72.7 Å². The fourth-order valence-electron chi connectivity index (χ4n) is 3.62. The highest BCUT2D eigenvalue weighted by Gasteiger charge is 2.24. The number of guanidine groups is 1. The van der Waals surface area contributed by atoms with Gasteiger partial charge in [-0.3, -0.25) is 9.69 Å². The Morgan fingerprint density at radius 2 is 1.87 bits per heavy atom. The van der Waals surface area contributed by atoms with Crippen LogP contribution in [0.1, 0.15) is 12.5 Å². The van der Waals surface area contributed by atoms with E-state index in [-0.39, 0.29) is 35.6 Å². The van der Waals surface area contributed by atoms with Crippen molar-refractivity contribution in [1.82, 2.24) is 20.0 Å². The summed E-state index contributed by atoms with van der Waals surface area (Å²) < 4.78 is 10.6. The predicted octanol–water partition coefficient (Wildman–Crippen LogP) is 0.961. The van der Waals surface area contributed by atoms with E-state index in [2.05, 4.69) is 15.1 Å². The molecule has 0 aromatic heterocycles. The summed E-state index contributed by atoms with van der Waals surface area (Å²) in [5.41, 5.74) is 0.722. The fraction of sp³-hybridized carbons (Fsp3) is 0.619. The smallest absolute Gasteiger partial charge is 0.236 e. The van der Waals surface area contributed by atoms with Crippen molar-refractivity contribution in [1.29, 1.82) is 0 Å². The van der Waals surface area contributed by atoms with Gasteiger partial charge in [-0.1, -0.05) is 0 Å². The number of hydrogen-bond donors (Lipinski definition) is 2. The molecule has 2 aliphatic rings. The zero-order valence-electron chi connectivity index (χ0n) is 18.4. The Hall–Kier alpha value is -1.79. The Kier molecular flexibility index (Phi) is 10.6. The first-order valence-electron chi connectivity index (χ1n) is 10.6. The number of hydrogen-bond acceptors (Lipinski definition) is 6. The lowest BCUT2D eigenvalue weighted by Gasteiger charge is -2.37. The molecule has 2 heterocycles. The van der Waals surface area contributed by atoms with Gasteiger partial charge in [-0.2, -0.15) is 0 Å². The third kappa shape index (κ3) is 7.39. The largest absolute Gasteiger partial charge is 0.508 e. The van der Waals surface area contributed by atoms with Crippen LogP contribution in [0, 0.1) is 0 Å². The number of piperazine rings is 1. The van der Waals surface area contributed by atoms with Crippen LogP contribution in [0.2, 0.25) is 0 Å². The first-order valence-corrected chi connectivity index (χ1v) is 10.6. The number of carbonyl (C=O) groups excluding carboxylic acids is 1. The number of ether oxygens (including phenoxy) is 2. The second kappa shape index (κ2) is 12.9. The van der Waals surface area contributed by atoms with E-state index in [1.807, 2.05) is 11.8 Å². The molecule has 174 valence electrons. The second-order valence-corrected chi connectivity index (χ2v) is 7.42. The monoisotopic (exact) mass is 547 g/mol. The summed E-state index contributed by atoms with van der Waals surface area (Å²) in [5, 5.41) is 13.4. The maximum Gasteiger partial charge on any atom is 0.236 e. The number of nitrogens with one attached hydrogen (secondary N) is 1. The van der Waals surface area contributed by atoms with Gasteiger partial charge < -0.3 is 29.7 Å². The number of amides is 1. The number of halogens is 1. The number of carbonyl (C=O) groups is 1. The fourth-order valence-corrected chi connectivity index (χ4v) is 3.62. The first-order chi connectivity index (χ1) is 14.6. The minimum absolute atomic E-state index is 0. The van der Waals surface area contributed by atoms with Crippen molar-refractivity contribution in [2.45, 2.75) is 13.5 Å². The average Bonchev–Trinajstić information content (AvgIpc) is 2.79. The highest BCUT2D eigenvalue weighted by molar-refractivity contribution is 14.0. The highest BCUT2D eigenvalue weighted by Crippen LogP contribution is 2.23. The van der Waals surface area contributed by atoms with Gasteiger partial charge in [-0.05, 0) is 25.1 Å². The van der Waals surface area contributed by atoms with Gasteiger partial charge in [0.2, 0.25) is 5.91 Å². The van der Waals surface area contributed by atoms with Crippen molar-refractivity contribution in [3.05, 3.63) is 23.8 Å². The van der Waals surface area contributed by atoms with Crippen molar-refractivity contribution >= 4 is 35.8 Å². The van der Waals surface area contributed by atoms with Crippen LogP contribution in [0.5, 0.6) is 11.5 Å². The van der Waals surface area contributed by atoms with Gasteiger partial charge in [-0.25, -0.2) is 4.99 Å². The van der Waals surface area contributed by atoms with E-state index in [0.29, 0.717) is 45.1 Å². The summed E-state index contributed by atoms with van der Waals surface area (Å²) in [6, 6.07) is 5.16. The summed E-state index contributed by atoms with van der Waals surface area (Å²) in [4.78, 5) is 23.5. The van der Waals surface area contributed by atoms with Gasteiger partial charge in [0, 0.05) is 51.4 Å². The van der Waals surface area contributed by atoms with E-state index in [4.69, 9.17) is 14.5 Å². The van der Waals surface area contributed by atoms with E-state index in [1.165, 1.54) is 0 Å². The molecule has 0 atom stereocenters. The van der Waals surface area contributed by atoms with Crippen LogP contribution in [-0.4, -0.2) is 104 Å². The highest BCUT2D eigenvalue weighted by atomic mass is 127. The molecule has 0 saturated carbocycles. The molecule has 2 saturated heterocycles. The number of aliphatic imine (C=N–C) groups is 1. The number of phenols is 1. The van der Waals surface area contributed by atoms with E-state index in [9.17, 15) is 9.90 Å².